The Hall–Kier alpha value is -1.43. The molecule has 0 aromatic carbocycles. The van der Waals surface area contributed by atoms with Crippen LogP contribution in [0.3, 0.4) is 0 Å². The summed E-state index contributed by atoms with van der Waals surface area (Å²) < 4.78 is 0. The van der Waals surface area contributed by atoms with E-state index in [1.165, 1.54) is 0 Å². The van der Waals surface area contributed by atoms with Crippen molar-refractivity contribution in [2.45, 2.75) is 26.2 Å². The van der Waals surface area contributed by atoms with Gasteiger partial charge >= 0.3 is 0 Å². The molecule has 0 atom stereocenters. The van der Waals surface area contributed by atoms with Crippen molar-refractivity contribution in [3.05, 3.63) is 23.8 Å². The van der Waals surface area contributed by atoms with Crippen molar-refractivity contribution in [2.24, 2.45) is 0 Å². The second-order valence-corrected chi connectivity index (χ2v) is 2.48. The Morgan fingerprint density at radius 2 is 2.42 bits per heavy atom. The fourth-order valence-electron chi connectivity index (χ4n) is 0.926. The fraction of sp³-hybridized carbons (Fsp3) is 0.444. The molecule has 0 saturated carbocycles. The van der Waals surface area contributed by atoms with E-state index >= 15 is 0 Å². The van der Waals surface area contributed by atoms with Gasteiger partial charge in [-0.2, -0.15) is 5.26 Å². The van der Waals surface area contributed by atoms with Crippen molar-refractivity contribution < 1.29 is 0 Å². The molecule has 3 nitrogen and oxygen atoms in total. The third-order valence-electron chi connectivity index (χ3n) is 1.59. The van der Waals surface area contributed by atoms with Crippen LogP contribution < -0.4 is 0 Å². The molecule has 1 aromatic heterocycles. The Morgan fingerprint density at radius 1 is 1.58 bits per heavy atom. The quantitative estimate of drug-likeness (QED) is 0.674. The van der Waals surface area contributed by atoms with E-state index in [4.69, 9.17) is 5.26 Å². The standard InChI is InChI=1S/C9H11N3/c1-2-8-5-7-11-9(12-8)4-3-6-10/h5,7H,2-4H2,1H3. The minimum absolute atomic E-state index is 0.493. The lowest BCUT2D eigenvalue weighted by Crippen LogP contribution is -1.97. The molecule has 12 heavy (non-hydrogen) atoms. The topological polar surface area (TPSA) is 49.6 Å². The summed E-state index contributed by atoms with van der Waals surface area (Å²) in [7, 11) is 0. The molecule has 0 unspecified atom stereocenters. The first kappa shape index (κ1) is 8.66. The Balaban J connectivity index is 2.67. The molecule has 1 aromatic rings. The smallest absolute Gasteiger partial charge is 0.129 e. The molecular formula is C9H11N3. The predicted octanol–water partition coefficient (Wildman–Crippen LogP) is 1.50. The normalized spacial score (nSPS) is 9.33. The maximum Gasteiger partial charge on any atom is 0.129 e. The van der Waals surface area contributed by atoms with Gasteiger partial charge < -0.3 is 0 Å². The molecule has 0 fully saturated rings. The second kappa shape index (κ2) is 4.45. The molecule has 62 valence electrons. The number of hydrogen-bond acceptors (Lipinski definition) is 3. The van der Waals surface area contributed by atoms with E-state index < -0.39 is 0 Å². The van der Waals surface area contributed by atoms with Crippen molar-refractivity contribution in [1.82, 2.24) is 9.97 Å². The zero-order valence-corrected chi connectivity index (χ0v) is 7.12. The highest BCUT2D eigenvalue weighted by Gasteiger charge is 1.96. The van der Waals surface area contributed by atoms with Gasteiger partial charge in [0.2, 0.25) is 0 Å². The van der Waals surface area contributed by atoms with Gasteiger partial charge in [0, 0.05) is 24.7 Å². The second-order valence-electron chi connectivity index (χ2n) is 2.48. The van der Waals surface area contributed by atoms with Crippen molar-refractivity contribution in [3.63, 3.8) is 0 Å². The maximum atomic E-state index is 8.35. The zero-order chi connectivity index (χ0) is 8.81. The molecule has 0 aliphatic rings. The zero-order valence-electron chi connectivity index (χ0n) is 7.12. The van der Waals surface area contributed by atoms with Crippen LogP contribution in [0.15, 0.2) is 12.3 Å². The maximum absolute atomic E-state index is 8.35. The third kappa shape index (κ3) is 2.31. The van der Waals surface area contributed by atoms with E-state index in [1.54, 1.807) is 6.20 Å². The first-order valence-corrected chi connectivity index (χ1v) is 4.04. The van der Waals surface area contributed by atoms with Gasteiger partial charge in [-0.25, -0.2) is 9.97 Å². The molecule has 0 amide bonds. The minimum atomic E-state index is 0.493. The molecule has 0 aliphatic heterocycles. The molecule has 0 bridgehead atoms. The van der Waals surface area contributed by atoms with E-state index in [1.807, 2.05) is 6.07 Å². The molecule has 1 rings (SSSR count). The van der Waals surface area contributed by atoms with Crippen LogP contribution in [0.4, 0.5) is 0 Å². The highest BCUT2D eigenvalue weighted by atomic mass is 14.9. The Bertz CT molecular complexity index is 288. The Labute approximate surface area is 72.1 Å². The first-order chi connectivity index (χ1) is 5.86. The molecule has 0 saturated heterocycles. The number of nitriles is 1. The fourth-order valence-corrected chi connectivity index (χ4v) is 0.926. The van der Waals surface area contributed by atoms with Crippen LogP contribution in [0.1, 0.15) is 24.9 Å². The van der Waals surface area contributed by atoms with Gasteiger partial charge in [0.1, 0.15) is 5.82 Å². The highest BCUT2D eigenvalue weighted by Crippen LogP contribution is 1.98. The lowest BCUT2D eigenvalue weighted by molar-refractivity contribution is 0.851. The Kier molecular flexibility index (Phi) is 3.21. The summed E-state index contributed by atoms with van der Waals surface area (Å²) in [5.41, 5.74) is 1.04. The molecule has 0 spiro atoms. The average molecular weight is 161 g/mol. The molecule has 0 radical (unpaired) electrons. The van der Waals surface area contributed by atoms with Crippen LogP contribution in [0.2, 0.25) is 0 Å². The van der Waals surface area contributed by atoms with Crippen molar-refractivity contribution >= 4 is 0 Å². The first-order valence-electron chi connectivity index (χ1n) is 4.04. The van der Waals surface area contributed by atoms with Crippen LogP contribution in [-0.4, -0.2) is 9.97 Å². The summed E-state index contributed by atoms with van der Waals surface area (Å²) >= 11 is 0. The van der Waals surface area contributed by atoms with Gasteiger partial charge in [0.15, 0.2) is 0 Å². The molecule has 1 heterocycles. The summed E-state index contributed by atoms with van der Waals surface area (Å²) in [5.74, 6) is 0.774. The van der Waals surface area contributed by atoms with Crippen molar-refractivity contribution in [2.75, 3.05) is 0 Å². The number of hydrogen-bond donors (Lipinski definition) is 0. The summed E-state index contributed by atoms with van der Waals surface area (Å²) in [6.45, 7) is 2.05. The van der Waals surface area contributed by atoms with Crippen molar-refractivity contribution in [3.8, 4) is 6.07 Å². The number of aryl methyl sites for hydroxylation is 2. The SMILES string of the molecule is CCc1ccnc(CCC#N)n1. The largest absolute Gasteiger partial charge is 0.241 e. The van der Waals surface area contributed by atoms with Gasteiger partial charge in [0.05, 0.1) is 6.07 Å². The molecule has 3 heteroatoms. The van der Waals surface area contributed by atoms with Crippen LogP contribution in [0.25, 0.3) is 0 Å². The van der Waals surface area contributed by atoms with Crippen molar-refractivity contribution in [1.29, 1.82) is 5.26 Å². The monoisotopic (exact) mass is 161 g/mol. The van der Waals surface area contributed by atoms with Gasteiger partial charge in [-0.15, -0.1) is 0 Å². The van der Waals surface area contributed by atoms with Crippen LogP contribution in [-0.2, 0) is 12.8 Å². The van der Waals surface area contributed by atoms with Crippen LogP contribution in [0, 0.1) is 11.3 Å². The summed E-state index contributed by atoms with van der Waals surface area (Å²) in [5, 5.41) is 8.35. The van der Waals surface area contributed by atoms with Gasteiger partial charge in [-0.1, -0.05) is 6.92 Å². The number of nitrogens with zero attached hydrogens (tertiary/aromatic N) is 3. The molecule has 0 aliphatic carbocycles. The third-order valence-corrected chi connectivity index (χ3v) is 1.59. The number of rotatable bonds is 3. The summed E-state index contributed by atoms with van der Waals surface area (Å²) in [4.78, 5) is 8.33. The van der Waals surface area contributed by atoms with E-state index in [-0.39, 0.29) is 0 Å². The van der Waals surface area contributed by atoms with E-state index in [0.717, 1.165) is 17.9 Å². The lowest BCUT2D eigenvalue weighted by atomic mass is 10.3. The summed E-state index contributed by atoms with van der Waals surface area (Å²) in [6, 6.07) is 3.97. The van der Waals surface area contributed by atoms with Gasteiger partial charge in [0.25, 0.3) is 0 Å². The molecular weight excluding hydrogens is 150 g/mol. The molecule has 0 N–H and O–H groups in total. The summed E-state index contributed by atoms with van der Waals surface area (Å²) in [6.07, 6.45) is 3.82. The van der Waals surface area contributed by atoms with E-state index in [2.05, 4.69) is 23.0 Å². The highest BCUT2D eigenvalue weighted by molar-refractivity contribution is 5.02. The van der Waals surface area contributed by atoms with E-state index in [0.29, 0.717) is 12.8 Å². The average Bonchev–Trinajstić information content (AvgIpc) is 2.15. The lowest BCUT2D eigenvalue weighted by Gasteiger charge is -1.97. The Morgan fingerprint density at radius 3 is 3.08 bits per heavy atom. The number of aromatic nitrogens is 2. The van der Waals surface area contributed by atoms with Crippen LogP contribution in [0.5, 0.6) is 0 Å². The predicted molar refractivity (Wildman–Crippen MR) is 45.3 cm³/mol. The van der Waals surface area contributed by atoms with E-state index in [9.17, 15) is 0 Å². The van der Waals surface area contributed by atoms with Crippen LogP contribution >= 0.6 is 0 Å². The minimum Gasteiger partial charge on any atom is -0.241 e. The van der Waals surface area contributed by atoms with Gasteiger partial charge in [-0.3, -0.25) is 0 Å². The van der Waals surface area contributed by atoms with Gasteiger partial charge in [-0.05, 0) is 12.5 Å².